The van der Waals surface area contributed by atoms with Gasteiger partial charge in [0.25, 0.3) is 10.0 Å². The Morgan fingerprint density at radius 2 is 1.83 bits per heavy atom. The number of nitrogens with one attached hydrogen (secondary N) is 1. The predicted octanol–water partition coefficient (Wildman–Crippen LogP) is 3.27. The van der Waals surface area contributed by atoms with Gasteiger partial charge in [0.1, 0.15) is 10.8 Å². The minimum absolute atomic E-state index is 0.0374. The fourth-order valence-corrected chi connectivity index (χ4v) is 5.25. The first-order valence-electron chi connectivity index (χ1n) is 7.05. The summed E-state index contributed by atoms with van der Waals surface area (Å²) in [6.45, 7) is 0. The van der Waals surface area contributed by atoms with Gasteiger partial charge in [-0.3, -0.25) is 4.72 Å². The lowest BCUT2D eigenvalue weighted by molar-refractivity contribution is 0.0697. The zero-order chi connectivity index (χ0) is 16.6. The van der Waals surface area contributed by atoms with Crippen molar-refractivity contribution in [3.05, 3.63) is 46.1 Å². The van der Waals surface area contributed by atoms with Crippen LogP contribution in [-0.4, -0.2) is 19.5 Å². The van der Waals surface area contributed by atoms with Crippen LogP contribution in [0.2, 0.25) is 0 Å². The minimum Gasteiger partial charge on any atom is -0.478 e. The van der Waals surface area contributed by atoms with Crippen LogP contribution >= 0.6 is 11.3 Å². The number of carbonyl (C=O) groups is 1. The van der Waals surface area contributed by atoms with Crippen LogP contribution in [-0.2, 0) is 22.9 Å². The van der Waals surface area contributed by atoms with Crippen LogP contribution < -0.4 is 4.72 Å². The highest BCUT2D eigenvalue weighted by molar-refractivity contribution is 7.93. The number of carboxylic acid groups (broad SMARTS) is 1. The van der Waals surface area contributed by atoms with Gasteiger partial charge in [-0.1, -0.05) is 0 Å². The molecule has 0 saturated carbocycles. The highest BCUT2D eigenvalue weighted by Gasteiger charge is 2.27. The molecule has 0 fully saturated rings. The van der Waals surface area contributed by atoms with Crippen molar-refractivity contribution in [1.29, 1.82) is 0 Å². The Morgan fingerprint density at radius 1 is 1.17 bits per heavy atom. The van der Waals surface area contributed by atoms with E-state index in [4.69, 9.17) is 0 Å². The molecular formula is C15H14FNO4S2. The van der Waals surface area contributed by atoms with Crippen molar-refractivity contribution in [2.24, 2.45) is 0 Å². The lowest BCUT2D eigenvalue weighted by atomic mass is 9.96. The Bertz CT molecular complexity index is 856. The Hall–Kier alpha value is -1.93. The fourth-order valence-electron chi connectivity index (χ4n) is 2.66. The maximum absolute atomic E-state index is 12.9. The molecule has 23 heavy (non-hydrogen) atoms. The smallest absolute Gasteiger partial charge is 0.339 e. The molecule has 5 nitrogen and oxygen atoms in total. The molecule has 8 heteroatoms. The second-order valence-corrected chi connectivity index (χ2v) is 8.07. The predicted molar refractivity (Wildman–Crippen MR) is 85.1 cm³/mol. The number of aryl methyl sites for hydroxylation is 1. The normalized spacial score (nSPS) is 14.3. The summed E-state index contributed by atoms with van der Waals surface area (Å²) in [6.07, 6.45) is 3.27. The van der Waals surface area contributed by atoms with Crippen molar-refractivity contribution in [2.75, 3.05) is 4.72 Å². The summed E-state index contributed by atoms with van der Waals surface area (Å²) in [7, 11) is -3.96. The zero-order valence-electron chi connectivity index (χ0n) is 12.0. The number of rotatable bonds is 4. The van der Waals surface area contributed by atoms with E-state index in [2.05, 4.69) is 4.72 Å². The molecule has 1 aliphatic rings. The molecule has 1 heterocycles. The van der Waals surface area contributed by atoms with Crippen molar-refractivity contribution in [1.82, 2.24) is 0 Å². The van der Waals surface area contributed by atoms with Crippen molar-refractivity contribution in [2.45, 2.75) is 30.6 Å². The average molecular weight is 355 g/mol. The van der Waals surface area contributed by atoms with Gasteiger partial charge in [-0.15, -0.1) is 11.3 Å². The topological polar surface area (TPSA) is 83.5 Å². The largest absolute Gasteiger partial charge is 0.478 e. The number of carboxylic acids is 1. The van der Waals surface area contributed by atoms with Crippen molar-refractivity contribution < 1.29 is 22.7 Å². The van der Waals surface area contributed by atoms with Gasteiger partial charge in [0, 0.05) is 4.88 Å². The van der Waals surface area contributed by atoms with E-state index in [1.54, 1.807) is 0 Å². The molecule has 1 aliphatic carbocycles. The number of sulfonamides is 1. The lowest BCUT2D eigenvalue weighted by Crippen LogP contribution is -2.15. The quantitative estimate of drug-likeness (QED) is 0.882. The second-order valence-electron chi connectivity index (χ2n) is 5.28. The monoisotopic (exact) mass is 355 g/mol. The highest BCUT2D eigenvalue weighted by atomic mass is 32.2. The summed E-state index contributed by atoms with van der Waals surface area (Å²) < 4.78 is 40.0. The van der Waals surface area contributed by atoms with Crippen LogP contribution in [0.3, 0.4) is 0 Å². The summed E-state index contributed by atoms with van der Waals surface area (Å²) in [5.74, 6) is -1.68. The Kier molecular flexibility index (Phi) is 4.11. The van der Waals surface area contributed by atoms with E-state index in [-0.39, 0.29) is 15.5 Å². The van der Waals surface area contributed by atoms with Gasteiger partial charge in [0.2, 0.25) is 0 Å². The number of hydrogen-bond donors (Lipinski definition) is 2. The molecule has 1 aromatic carbocycles. The van der Waals surface area contributed by atoms with Gasteiger partial charge in [-0.2, -0.15) is 0 Å². The third kappa shape index (κ3) is 3.09. The molecule has 2 aromatic rings. The average Bonchev–Trinajstić information content (AvgIpc) is 2.84. The van der Waals surface area contributed by atoms with Gasteiger partial charge in [0.15, 0.2) is 0 Å². The zero-order valence-corrected chi connectivity index (χ0v) is 13.6. The maximum atomic E-state index is 12.9. The van der Waals surface area contributed by atoms with Crippen LogP contribution in [0, 0.1) is 5.82 Å². The fraction of sp³-hybridized carbons (Fsp3) is 0.267. The summed E-state index contributed by atoms with van der Waals surface area (Å²) in [4.78, 5) is 12.4. The van der Waals surface area contributed by atoms with E-state index in [1.807, 2.05) is 0 Å². The number of benzene rings is 1. The number of anilines is 1. The Balaban J connectivity index is 2.01. The van der Waals surface area contributed by atoms with Crippen LogP contribution in [0.15, 0.2) is 29.2 Å². The third-order valence-corrected chi connectivity index (χ3v) is 6.44. The molecule has 0 bridgehead atoms. The van der Waals surface area contributed by atoms with Crippen molar-refractivity contribution >= 4 is 32.3 Å². The molecule has 0 amide bonds. The second kappa shape index (κ2) is 5.93. The Morgan fingerprint density at radius 3 is 2.48 bits per heavy atom. The first-order valence-corrected chi connectivity index (χ1v) is 9.34. The van der Waals surface area contributed by atoms with Crippen LogP contribution in [0.4, 0.5) is 9.39 Å². The van der Waals surface area contributed by atoms with E-state index in [0.717, 1.165) is 54.0 Å². The van der Waals surface area contributed by atoms with Crippen LogP contribution in [0.1, 0.15) is 33.6 Å². The minimum atomic E-state index is -3.96. The highest BCUT2D eigenvalue weighted by Crippen LogP contribution is 2.39. The number of fused-ring (bicyclic) bond motifs is 1. The first-order chi connectivity index (χ1) is 10.9. The molecule has 3 rings (SSSR count). The van der Waals surface area contributed by atoms with E-state index in [1.165, 1.54) is 11.3 Å². The standard InChI is InChI=1S/C15H14FNO4S2/c16-9-5-7-10(8-6-9)23(20,21)17-14-13(15(18)19)11-3-1-2-4-12(11)22-14/h5-8,17H,1-4H2,(H,18,19). The SMILES string of the molecule is O=C(O)c1c(NS(=O)(=O)c2ccc(F)cc2)sc2c1CCCC2. The molecule has 0 spiro atoms. The summed E-state index contributed by atoms with van der Waals surface area (Å²) >= 11 is 1.17. The lowest BCUT2D eigenvalue weighted by Gasteiger charge is -2.11. The van der Waals surface area contributed by atoms with Crippen molar-refractivity contribution in [3.8, 4) is 0 Å². The van der Waals surface area contributed by atoms with Crippen molar-refractivity contribution in [3.63, 3.8) is 0 Å². The van der Waals surface area contributed by atoms with E-state index >= 15 is 0 Å². The summed E-state index contributed by atoms with van der Waals surface area (Å²) in [6, 6.07) is 4.38. The molecule has 0 unspecified atom stereocenters. The number of halogens is 1. The van der Waals surface area contributed by atoms with Gasteiger partial charge < -0.3 is 5.11 Å². The molecule has 0 aliphatic heterocycles. The summed E-state index contributed by atoms with van der Waals surface area (Å²) in [5, 5.41) is 9.56. The molecule has 0 atom stereocenters. The van der Waals surface area contributed by atoms with E-state index < -0.39 is 21.8 Å². The number of aromatic carboxylic acids is 1. The molecule has 0 radical (unpaired) electrons. The molecule has 0 saturated heterocycles. The molecule has 122 valence electrons. The van der Waals surface area contributed by atoms with Gasteiger partial charge in [-0.25, -0.2) is 17.6 Å². The Labute approximate surface area is 136 Å². The maximum Gasteiger partial charge on any atom is 0.339 e. The number of hydrogen-bond acceptors (Lipinski definition) is 4. The summed E-state index contributed by atoms with van der Waals surface area (Å²) in [5.41, 5.74) is 0.765. The van der Waals surface area contributed by atoms with Crippen LogP contribution in [0.25, 0.3) is 0 Å². The van der Waals surface area contributed by atoms with E-state index in [9.17, 15) is 22.7 Å². The molecular weight excluding hydrogens is 341 g/mol. The first kappa shape index (κ1) is 15.9. The van der Waals surface area contributed by atoms with Crippen LogP contribution in [0.5, 0.6) is 0 Å². The van der Waals surface area contributed by atoms with E-state index in [0.29, 0.717) is 6.42 Å². The van der Waals surface area contributed by atoms with Gasteiger partial charge >= 0.3 is 5.97 Å². The molecule has 2 N–H and O–H groups in total. The number of thiophene rings is 1. The third-order valence-electron chi connectivity index (χ3n) is 3.74. The molecule has 1 aromatic heterocycles. The van der Waals surface area contributed by atoms with Gasteiger partial charge in [0.05, 0.1) is 10.5 Å². The van der Waals surface area contributed by atoms with Gasteiger partial charge in [-0.05, 0) is 55.5 Å².